The lowest BCUT2D eigenvalue weighted by Gasteiger charge is -2.03. The monoisotopic (exact) mass is 226 g/mol. The van der Waals surface area contributed by atoms with Crippen molar-refractivity contribution in [3.05, 3.63) is 27.4 Å². The van der Waals surface area contributed by atoms with Crippen LogP contribution in [0.3, 0.4) is 0 Å². The van der Waals surface area contributed by atoms with E-state index >= 15 is 0 Å². The second-order valence-corrected chi connectivity index (χ2v) is 4.03. The number of benzene rings is 1. The topological polar surface area (TPSA) is 59.7 Å². The van der Waals surface area contributed by atoms with Gasteiger partial charge < -0.3 is 14.3 Å². The SMILES string of the molecule is COc1cc(CCO)cc2sc(=O)oc12. The first kappa shape index (κ1) is 10.2. The number of hydrogen-bond acceptors (Lipinski definition) is 5. The molecule has 2 rings (SSSR count). The first-order chi connectivity index (χ1) is 7.24. The van der Waals surface area contributed by atoms with Crippen LogP contribution in [-0.2, 0) is 6.42 Å². The van der Waals surface area contributed by atoms with Crippen LogP contribution in [0.1, 0.15) is 5.56 Å². The molecule has 2 aromatic rings. The van der Waals surface area contributed by atoms with Gasteiger partial charge in [-0.05, 0) is 24.1 Å². The molecule has 0 unspecified atom stereocenters. The second-order valence-electron chi connectivity index (χ2n) is 3.05. The molecular formula is C10H10O4S. The molecule has 15 heavy (non-hydrogen) atoms. The van der Waals surface area contributed by atoms with Crippen LogP contribution in [0.25, 0.3) is 10.3 Å². The Morgan fingerprint density at radius 1 is 1.53 bits per heavy atom. The van der Waals surface area contributed by atoms with Crippen LogP contribution in [0, 0.1) is 0 Å². The van der Waals surface area contributed by atoms with Crippen molar-refractivity contribution in [2.24, 2.45) is 0 Å². The largest absolute Gasteiger partial charge is 0.493 e. The van der Waals surface area contributed by atoms with Gasteiger partial charge in [-0.3, -0.25) is 0 Å². The van der Waals surface area contributed by atoms with Crippen LogP contribution in [0.15, 0.2) is 21.3 Å². The summed E-state index contributed by atoms with van der Waals surface area (Å²) in [6, 6.07) is 3.61. The molecule has 0 saturated carbocycles. The number of aliphatic hydroxyl groups is 1. The normalized spacial score (nSPS) is 10.8. The molecule has 80 valence electrons. The lowest BCUT2D eigenvalue weighted by molar-refractivity contribution is 0.299. The highest BCUT2D eigenvalue weighted by Gasteiger charge is 2.10. The van der Waals surface area contributed by atoms with Gasteiger partial charge in [-0.25, -0.2) is 4.79 Å². The standard InChI is InChI=1S/C10H10O4S/c1-13-7-4-6(2-3-11)5-8-9(7)14-10(12)15-8/h4-5,11H,2-3H2,1H3. The van der Waals surface area contributed by atoms with E-state index in [1.54, 1.807) is 6.07 Å². The van der Waals surface area contributed by atoms with E-state index < -0.39 is 0 Å². The molecule has 0 atom stereocenters. The number of rotatable bonds is 3. The Balaban J connectivity index is 2.65. The Hall–Kier alpha value is -1.33. The van der Waals surface area contributed by atoms with Crippen molar-refractivity contribution < 1.29 is 14.3 Å². The minimum absolute atomic E-state index is 0.0708. The first-order valence-corrected chi connectivity index (χ1v) is 5.27. The lowest BCUT2D eigenvalue weighted by atomic mass is 10.1. The van der Waals surface area contributed by atoms with Crippen LogP contribution in [-0.4, -0.2) is 18.8 Å². The zero-order chi connectivity index (χ0) is 10.8. The second kappa shape index (κ2) is 4.04. The predicted molar refractivity (Wildman–Crippen MR) is 57.7 cm³/mol. The van der Waals surface area contributed by atoms with E-state index in [1.165, 1.54) is 7.11 Å². The summed E-state index contributed by atoms with van der Waals surface area (Å²) < 4.78 is 10.9. The average Bonchev–Trinajstić information content (AvgIpc) is 2.57. The number of aliphatic hydroxyl groups excluding tert-OH is 1. The van der Waals surface area contributed by atoms with Gasteiger partial charge in [-0.1, -0.05) is 11.3 Å². The molecule has 1 N–H and O–H groups in total. The molecule has 0 aliphatic rings. The van der Waals surface area contributed by atoms with Gasteiger partial charge in [0.1, 0.15) is 0 Å². The fourth-order valence-corrected chi connectivity index (χ4v) is 2.18. The van der Waals surface area contributed by atoms with E-state index in [0.717, 1.165) is 21.6 Å². The van der Waals surface area contributed by atoms with Gasteiger partial charge in [-0.2, -0.15) is 0 Å². The number of ether oxygens (including phenoxy) is 1. The van der Waals surface area contributed by atoms with Gasteiger partial charge in [0.15, 0.2) is 11.3 Å². The lowest BCUT2D eigenvalue weighted by Crippen LogP contribution is -1.92. The summed E-state index contributed by atoms with van der Waals surface area (Å²) in [7, 11) is 1.52. The van der Waals surface area contributed by atoms with Crippen LogP contribution in [0.4, 0.5) is 0 Å². The zero-order valence-electron chi connectivity index (χ0n) is 8.15. The number of methoxy groups -OCH3 is 1. The van der Waals surface area contributed by atoms with E-state index in [4.69, 9.17) is 14.3 Å². The highest BCUT2D eigenvalue weighted by molar-refractivity contribution is 7.16. The van der Waals surface area contributed by atoms with E-state index in [9.17, 15) is 4.79 Å². The van der Waals surface area contributed by atoms with Crippen molar-refractivity contribution >= 4 is 21.6 Å². The molecule has 0 radical (unpaired) electrons. The molecule has 0 aliphatic heterocycles. The highest BCUT2D eigenvalue weighted by Crippen LogP contribution is 2.29. The highest BCUT2D eigenvalue weighted by atomic mass is 32.1. The molecule has 1 aromatic heterocycles. The Kier molecular flexibility index (Phi) is 2.75. The maximum absolute atomic E-state index is 11.1. The van der Waals surface area contributed by atoms with Crippen molar-refractivity contribution in [3.8, 4) is 5.75 Å². The molecule has 1 aromatic carbocycles. The molecule has 0 spiro atoms. The molecule has 1 heterocycles. The van der Waals surface area contributed by atoms with Gasteiger partial charge >= 0.3 is 4.94 Å². The van der Waals surface area contributed by atoms with Crippen molar-refractivity contribution in [1.82, 2.24) is 0 Å². The smallest absolute Gasteiger partial charge is 0.396 e. The summed E-state index contributed by atoms with van der Waals surface area (Å²) in [5.41, 5.74) is 1.41. The summed E-state index contributed by atoms with van der Waals surface area (Å²) in [5.74, 6) is 0.536. The van der Waals surface area contributed by atoms with Crippen LogP contribution >= 0.6 is 11.3 Å². The minimum atomic E-state index is -0.343. The summed E-state index contributed by atoms with van der Waals surface area (Å²) in [5, 5.41) is 8.84. The summed E-state index contributed by atoms with van der Waals surface area (Å²) in [6.07, 6.45) is 0.540. The Bertz CT molecular complexity index is 526. The van der Waals surface area contributed by atoms with Crippen LogP contribution < -0.4 is 9.68 Å². The van der Waals surface area contributed by atoms with Crippen molar-refractivity contribution in [2.45, 2.75) is 6.42 Å². The molecular weight excluding hydrogens is 216 g/mol. The maximum atomic E-state index is 11.1. The van der Waals surface area contributed by atoms with Gasteiger partial charge in [0.05, 0.1) is 11.8 Å². The van der Waals surface area contributed by atoms with Crippen molar-refractivity contribution in [2.75, 3.05) is 13.7 Å². The molecule has 0 fully saturated rings. The quantitative estimate of drug-likeness (QED) is 0.859. The summed E-state index contributed by atoms with van der Waals surface area (Å²) >= 11 is 1.04. The van der Waals surface area contributed by atoms with E-state index in [-0.39, 0.29) is 11.5 Å². The Labute approximate surface area is 89.7 Å². The fourth-order valence-electron chi connectivity index (χ4n) is 1.43. The molecule has 0 amide bonds. The maximum Gasteiger partial charge on any atom is 0.396 e. The molecule has 0 bridgehead atoms. The third-order valence-corrected chi connectivity index (χ3v) is 2.85. The third kappa shape index (κ3) is 1.88. The van der Waals surface area contributed by atoms with Gasteiger partial charge in [0.25, 0.3) is 0 Å². The predicted octanol–water partition coefficient (Wildman–Crippen LogP) is 1.40. The van der Waals surface area contributed by atoms with Crippen molar-refractivity contribution in [3.63, 3.8) is 0 Å². The molecule has 0 saturated heterocycles. The molecule has 5 heteroatoms. The van der Waals surface area contributed by atoms with Gasteiger partial charge in [0.2, 0.25) is 0 Å². The first-order valence-electron chi connectivity index (χ1n) is 4.46. The summed E-state index contributed by atoms with van der Waals surface area (Å²) in [6.45, 7) is 0.0708. The number of hydrogen-bond donors (Lipinski definition) is 1. The third-order valence-electron chi connectivity index (χ3n) is 2.08. The van der Waals surface area contributed by atoms with Crippen LogP contribution in [0.2, 0.25) is 0 Å². The average molecular weight is 226 g/mol. The number of fused-ring (bicyclic) bond motifs is 1. The molecule has 4 nitrogen and oxygen atoms in total. The fraction of sp³-hybridized carbons (Fsp3) is 0.300. The molecule has 0 aliphatic carbocycles. The van der Waals surface area contributed by atoms with Gasteiger partial charge in [0, 0.05) is 6.61 Å². The minimum Gasteiger partial charge on any atom is -0.493 e. The summed E-state index contributed by atoms with van der Waals surface area (Å²) in [4.78, 5) is 10.7. The van der Waals surface area contributed by atoms with Crippen LogP contribution in [0.5, 0.6) is 5.75 Å². The van der Waals surface area contributed by atoms with E-state index in [0.29, 0.717) is 17.8 Å². The van der Waals surface area contributed by atoms with Gasteiger partial charge in [-0.15, -0.1) is 0 Å². The van der Waals surface area contributed by atoms with E-state index in [2.05, 4.69) is 0 Å². The zero-order valence-corrected chi connectivity index (χ0v) is 8.97. The van der Waals surface area contributed by atoms with Crippen molar-refractivity contribution in [1.29, 1.82) is 0 Å². The van der Waals surface area contributed by atoms with E-state index in [1.807, 2.05) is 6.07 Å². The Morgan fingerprint density at radius 2 is 2.33 bits per heavy atom. The Morgan fingerprint density at radius 3 is 3.00 bits per heavy atom.